The summed E-state index contributed by atoms with van der Waals surface area (Å²) in [7, 11) is 0. The van der Waals surface area contributed by atoms with Crippen LogP contribution in [0.15, 0.2) is 18.2 Å². The number of halogens is 2. The summed E-state index contributed by atoms with van der Waals surface area (Å²) in [4.78, 5) is 28.1. The van der Waals surface area contributed by atoms with Crippen molar-refractivity contribution in [2.24, 2.45) is 0 Å². The molecule has 2 heterocycles. The van der Waals surface area contributed by atoms with Crippen LogP contribution in [0, 0.1) is 5.82 Å². The number of rotatable bonds is 2. The van der Waals surface area contributed by atoms with E-state index in [2.05, 4.69) is 5.32 Å². The van der Waals surface area contributed by atoms with Gasteiger partial charge in [0, 0.05) is 26.2 Å². The number of benzene rings is 1. The number of carbonyl (C=O) groups excluding carboxylic acids is 2. The molecule has 0 aliphatic carbocycles. The molecular weight excluding hydrogens is 321 g/mol. The van der Waals surface area contributed by atoms with Gasteiger partial charge in [-0.2, -0.15) is 0 Å². The third-order valence-electron chi connectivity index (χ3n) is 4.41. The summed E-state index contributed by atoms with van der Waals surface area (Å²) in [6.07, 6.45) is 1.88. The van der Waals surface area contributed by atoms with Crippen molar-refractivity contribution in [3.63, 3.8) is 0 Å². The molecule has 2 aliphatic heterocycles. The highest BCUT2D eigenvalue weighted by Gasteiger charge is 2.31. The smallest absolute Gasteiger partial charge is 0.258 e. The van der Waals surface area contributed by atoms with E-state index in [4.69, 9.17) is 11.6 Å². The molecule has 1 N–H and O–H groups in total. The number of nitrogens with zero attached hydrogens (tertiary/aromatic N) is 2. The SMILES string of the molecule is O=C(c1c(F)cccc1Cl)N1CCN(C(=O)C2CCCN2)CC1. The van der Waals surface area contributed by atoms with Gasteiger partial charge in [0.25, 0.3) is 5.91 Å². The average molecular weight is 340 g/mol. The monoisotopic (exact) mass is 339 g/mol. The van der Waals surface area contributed by atoms with Crippen LogP contribution < -0.4 is 5.32 Å². The number of nitrogens with one attached hydrogen (secondary N) is 1. The molecule has 124 valence electrons. The van der Waals surface area contributed by atoms with Crippen molar-refractivity contribution in [3.05, 3.63) is 34.6 Å². The minimum absolute atomic E-state index is 0.0913. The highest BCUT2D eigenvalue weighted by molar-refractivity contribution is 6.33. The first-order chi connectivity index (χ1) is 11.1. The normalized spacial score (nSPS) is 21.6. The molecule has 2 amide bonds. The Balaban J connectivity index is 1.62. The summed E-state index contributed by atoms with van der Waals surface area (Å²) in [5, 5.41) is 3.30. The molecule has 0 saturated carbocycles. The Morgan fingerprint density at radius 3 is 2.48 bits per heavy atom. The van der Waals surface area contributed by atoms with E-state index >= 15 is 0 Å². The Morgan fingerprint density at radius 1 is 1.17 bits per heavy atom. The Kier molecular flexibility index (Phi) is 4.82. The molecule has 5 nitrogen and oxygen atoms in total. The second kappa shape index (κ2) is 6.84. The second-order valence-corrected chi connectivity index (χ2v) is 6.27. The van der Waals surface area contributed by atoms with E-state index in [9.17, 15) is 14.0 Å². The molecule has 0 bridgehead atoms. The van der Waals surface area contributed by atoms with Crippen LogP contribution >= 0.6 is 11.6 Å². The van der Waals surface area contributed by atoms with Crippen LogP contribution in [0.5, 0.6) is 0 Å². The lowest BCUT2D eigenvalue weighted by molar-refractivity contribution is -0.134. The molecule has 1 unspecified atom stereocenters. The van der Waals surface area contributed by atoms with Gasteiger partial charge in [0.15, 0.2) is 0 Å². The van der Waals surface area contributed by atoms with Gasteiger partial charge < -0.3 is 15.1 Å². The first-order valence-electron chi connectivity index (χ1n) is 7.83. The third-order valence-corrected chi connectivity index (χ3v) is 4.73. The van der Waals surface area contributed by atoms with Gasteiger partial charge in [0.05, 0.1) is 16.6 Å². The highest BCUT2D eigenvalue weighted by Crippen LogP contribution is 2.21. The number of hydrogen-bond donors (Lipinski definition) is 1. The summed E-state index contributed by atoms with van der Waals surface area (Å²) in [5.41, 5.74) is -0.0913. The Bertz CT molecular complexity index is 591. The Hall–Kier alpha value is -1.66. The van der Waals surface area contributed by atoms with E-state index in [-0.39, 0.29) is 22.5 Å². The fraction of sp³-hybridized carbons (Fsp3) is 0.500. The largest absolute Gasteiger partial charge is 0.338 e. The second-order valence-electron chi connectivity index (χ2n) is 5.86. The van der Waals surface area contributed by atoms with Gasteiger partial charge in [-0.1, -0.05) is 17.7 Å². The van der Waals surface area contributed by atoms with Gasteiger partial charge in [-0.15, -0.1) is 0 Å². The lowest BCUT2D eigenvalue weighted by Gasteiger charge is -2.36. The molecule has 3 rings (SSSR count). The van der Waals surface area contributed by atoms with E-state index < -0.39 is 11.7 Å². The molecule has 2 saturated heterocycles. The summed E-state index contributed by atoms with van der Waals surface area (Å²) in [5.74, 6) is -0.936. The van der Waals surface area contributed by atoms with Crippen molar-refractivity contribution in [2.45, 2.75) is 18.9 Å². The van der Waals surface area contributed by atoms with Crippen LogP contribution in [0.3, 0.4) is 0 Å². The van der Waals surface area contributed by atoms with Crippen LogP contribution in [-0.4, -0.2) is 60.4 Å². The number of carbonyl (C=O) groups is 2. The fourth-order valence-electron chi connectivity index (χ4n) is 3.11. The molecular formula is C16H19ClFN3O2. The Morgan fingerprint density at radius 2 is 1.87 bits per heavy atom. The number of piperazine rings is 1. The molecule has 0 aromatic heterocycles. The van der Waals surface area contributed by atoms with Crippen molar-refractivity contribution in [3.8, 4) is 0 Å². The molecule has 2 fully saturated rings. The molecule has 1 aromatic rings. The van der Waals surface area contributed by atoms with Crippen LogP contribution in [0.4, 0.5) is 4.39 Å². The van der Waals surface area contributed by atoms with Gasteiger partial charge in [-0.25, -0.2) is 4.39 Å². The minimum atomic E-state index is -0.615. The van der Waals surface area contributed by atoms with E-state index in [1.54, 1.807) is 9.80 Å². The molecule has 0 radical (unpaired) electrons. The third kappa shape index (κ3) is 3.33. The summed E-state index contributed by atoms with van der Waals surface area (Å²) >= 11 is 5.95. The zero-order valence-electron chi connectivity index (χ0n) is 12.7. The van der Waals surface area contributed by atoms with Gasteiger partial charge in [-0.3, -0.25) is 9.59 Å². The maximum atomic E-state index is 13.9. The average Bonchev–Trinajstić information content (AvgIpc) is 3.08. The van der Waals surface area contributed by atoms with E-state index in [0.717, 1.165) is 19.4 Å². The minimum Gasteiger partial charge on any atom is -0.338 e. The maximum absolute atomic E-state index is 13.9. The first kappa shape index (κ1) is 16.2. The van der Waals surface area contributed by atoms with Gasteiger partial charge in [-0.05, 0) is 31.5 Å². The van der Waals surface area contributed by atoms with Crippen molar-refractivity contribution < 1.29 is 14.0 Å². The fourth-order valence-corrected chi connectivity index (χ4v) is 3.35. The van der Waals surface area contributed by atoms with E-state index in [1.165, 1.54) is 18.2 Å². The number of hydrogen-bond acceptors (Lipinski definition) is 3. The topological polar surface area (TPSA) is 52.7 Å². The molecule has 7 heteroatoms. The van der Waals surface area contributed by atoms with Crippen molar-refractivity contribution in [1.29, 1.82) is 0 Å². The van der Waals surface area contributed by atoms with E-state index in [0.29, 0.717) is 26.2 Å². The van der Waals surface area contributed by atoms with Crippen LogP contribution in [0.25, 0.3) is 0 Å². The molecule has 23 heavy (non-hydrogen) atoms. The highest BCUT2D eigenvalue weighted by atomic mass is 35.5. The summed E-state index contributed by atoms with van der Waals surface area (Å²) in [6, 6.07) is 4.10. The first-order valence-corrected chi connectivity index (χ1v) is 8.21. The predicted molar refractivity (Wildman–Crippen MR) is 84.9 cm³/mol. The van der Waals surface area contributed by atoms with Crippen molar-refractivity contribution in [1.82, 2.24) is 15.1 Å². The maximum Gasteiger partial charge on any atom is 0.258 e. The van der Waals surface area contributed by atoms with Crippen molar-refractivity contribution in [2.75, 3.05) is 32.7 Å². The lowest BCUT2D eigenvalue weighted by atomic mass is 10.1. The molecule has 0 spiro atoms. The molecule has 1 atom stereocenters. The van der Waals surface area contributed by atoms with Crippen LogP contribution in [0.1, 0.15) is 23.2 Å². The zero-order chi connectivity index (χ0) is 16.4. The predicted octanol–water partition coefficient (Wildman–Crippen LogP) is 1.52. The molecule has 2 aliphatic rings. The quantitative estimate of drug-likeness (QED) is 0.888. The van der Waals surface area contributed by atoms with Gasteiger partial charge in [0.2, 0.25) is 5.91 Å². The number of amides is 2. The molecule has 1 aromatic carbocycles. The zero-order valence-corrected chi connectivity index (χ0v) is 13.5. The van der Waals surface area contributed by atoms with E-state index in [1.807, 2.05) is 0 Å². The summed E-state index contributed by atoms with van der Waals surface area (Å²) < 4.78 is 13.9. The van der Waals surface area contributed by atoms with Crippen molar-refractivity contribution >= 4 is 23.4 Å². The summed E-state index contributed by atoms with van der Waals surface area (Å²) in [6.45, 7) is 2.59. The Labute approximate surface area is 139 Å². The van der Waals surface area contributed by atoms with Gasteiger partial charge >= 0.3 is 0 Å². The van der Waals surface area contributed by atoms with Gasteiger partial charge in [0.1, 0.15) is 5.82 Å². The van der Waals surface area contributed by atoms with Crippen LogP contribution in [-0.2, 0) is 4.79 Å². The standard InChI is InChI=1S/C16H19ClFN3O2/c17-11-3-1-4-12(18)14(11)16(23)21-9-7-20(8-10-21)15(22)13-5-2-6-19-13/h1,3-4,13,19H,2,5-10H2. The van der Waals surface area contributed by atoms with Crippen LogP contribution in [0.2, 0.25) is 5.02 Å². The lowest BCUT2D eigenvalue weighted by Crippen LogP contribution is -2.54.